The average Bonchev–Trinajstić information content (AvgIpc) is 3.13. The predicted molar refractivity (Wildman–Crippen MR) is 125 cm³/mol. The lowest BCUT2D eigenvalue weighted by Crippen LogP contribution is -2.45. The topological polar surface area (TPSA) is 95.0 Å². The number of aliphatic hydroxyl groups excluding tert-OH is 1. The van der Waals surface area contributed by atoms with Crippen LogP contribution in [0.5, 0.6) is 0 Å². The molecule has 1 aromatic rings. The summed E-state index contributed by atoms with van der Waals surface area (Å²) < 4.78 is 6.39. The molecule has 0 spiro atoms. The minimum Gasteiger partial charge on any atom is -0.396 e. The Morgan fingerprint density at radius 1 is 1.32 bits per heavy atom. The Balaban J connectivity index is 0.00000392. The van der Waals surface area contributed by atoms with Gasteiger partial charge >= 0.3 is 0 Å². The second kappa shape index (κ2) is 13.3. The molecule has 0 bridgehead atoms. The van der Waals surface area contributed by atoms with Crippen molar-refractivity contribution in [3.63, 3.8) is 0 Å². The quantitative estimate of drug-likeness (QED) is 0.158. The molecule has 4 N–H and O–H groups in total. The smallest absolute Gasteiger partial charge is 0.251 e. The zero-order chi connectivity index (χ0) is 19.5. The van der Waals surface area contributed by atoms with Gasteiger partial charge in [-0.1, -0.05) is 22.0 Å². The molecule has 1 unspecified atom stereocenters. The van der Waals surface area contributed by atoms with E-state index in [1.54, 1.807) is 19.2 Å². The van der Waals surface area contributed by atoms with E-state index in [4.69, 9.17) is 4.74 Å². The first-order valence-electron chi connectivity index (χ1n) is 9.25. The summed E-state index contributed by atoms with van der Waals surface area (Å²) in [5.41, 5.74) is 0.618. The predicted octanol–water partition coefficient (Wildman–Crippen LogP) is 2.14. The van der Waals surface area contributed by atoms with Crippen molar-refractivity contribution in [3.8, 4) is 0 Å². The van der Waals surface area contributed by atoms with Crippen LogP contribution in [-0.4, -0.2) is 63.5 Å². The van der Waals surface area contributed by atoms with Crippen molar-refractivity contribution in [3.05, 3.63) is 34.3 Å². The zero-order valence-corrected chi connectivity index (χ0v) is 20.1. The average molecular weight is 569 g/mol. The van der Waals surface area contributed by atoms with Crippen LogP contribution in [0.2, 0.25) is 0 Å². The molecule has 0 aromatic heterocycles. The summed E-state index contributed by atoms with van der Waals surface area (Å²) in [7, 11) is 1.73. The maximum absolute atomic E-state index is 12.1. The Labute approximate surface area is 192 Å². The monoisotopic (exact) mass is 568 g/mol. The van der Waals surface area contributed by atoms with Gasteiger partial charge in [-0.2, -0.15) is 0 Å². The molecule has 1 heterocycles. The van der Waals surface area contributed by atoms with Crippen molar-refractivity contribution in [1.82, 2.24) is 16.0 Å². The first kappa shape index (κ1) is 25.1. The Morgan fingerprint density at radius 3 is 2.75 bits per heavy atom. The van der Waals surface area contributed by atoms with Gasteiger partial charge in [0.1, 0.15) is 0 Å². The highest BCUT2D eigenvalue weighted by molar-refractivity contribution is 14.0. The third kappa shape index (κ3) is 8.22. The van der Waals surface area contributed by atoms with E-state index in [2.05, 4.69) is 36.9 Å². The molecule has 2 rings (SSSR count). The highest BCUT2D eigenvalue weighted by Gasteiger charge is 2.34. The minimum absolute atomic E-state index is 0. The number of carbonyl (C=O) groups is 1. The van der Waals surface area contributed by atoms with E-state index in [0.29, 0.717) is 31.8 Å². The SMILES string of the molecule is CN=C(NCCCNC(=O)c1cccc(Br)c1)NCC1(CCO)CCOC1.I. The summed E-state index contributed by atoms with van der Waals surface area (Å²) in [5, 5.41) is 18.8. The summed E-state index contributed by atoms with van der Waals surface area (Å²) in [6.45, 7) is 3.56. The number of carbonyl (C=O) groups excluding carboxylic acids is 1. The molecule has 0 saturated carbocycles. The van der Waals surface area contributed by atoms with Crippen LogP contribution in [0.15, 0.2) is 33.7 Å². The highest BCUT2D eigenvalue weighted by atomic mass is 127. The van der Waals surface area contributed by atoms with Crippen LogP contribution in [-0.2, 0) is 4.74 Å². The Hall–Kier alpha value is -0.910. The molecule has 1 aromatic carbocycles. The van der Waals surface area contributed by atoms with Crippen LogP contribution in [0.4, 0.5) is 0 Å². The van der Waals surface area contributed by atoms with Crippen LogP contribution in [0.1, 0.15) is 29.6 Å². The summed E-state index contributed by atoms with van der Waals surface area (Å²) in [6, 6.07) is 7.32. The minimum atomic E-state index is -0.0778. The molecule has 9 heteroatoms. The van der Waals surface area contributed by atoms with Crippen molar-refractivity contribution < 1.29 is 14.6 Å². The summed E-state index contributed by atoms with van der Waals surface area (Å²) in [4.78, 5) is 16.3. The molecule has 158 valence electrons. The number of aliphatic imine (C=N–C) groups is 1. The molecule has 0 aliphatic carbocycles. The Kier molecular flexibility index (Phi) is 12.0. The molecule has 28 heavy (non-hydrogen) atoms. The maximum atomic E-state index is 12.1. The molecule has 1 amide bonds. The second-order valence-corrected chi connectivity index (χ2v) is 7.66. The van der Waals surface area contributed by atoms with Crippen LogP contribution in [0.25, 0.3) is 0 Å². The van der Waals surface area contributed by atoms with Crippen molar-refractivity contribution in [2.75, 3.05) is 46.5 Å². The second-order valence-electron chi connectivity index (χ2n) is 6.75. The third-order valence-corrected chi connectivity index (χ3v) is 5.19. The van der Waals surface area contributed by atoms with Gasteiger partial charge in [0.05, 0.1) is 6.61 Å². The molecular formula is C19H30BrIN4O3. The molecule has 0 radical (unpaired) electrons. The van der Waals surface area contributed by atoms with Gasteiger partial charge < -0.3 is 25.8 Å². The number of amides is 1. The molecule has 1 fully saturated rings. The van der Waals surface area contributed by atoms with E-state index in [1.807, 2.05) is 12.1 Å². The van der Waals surface area contributed by atoms with Crippen LogP contribution >= 0.6 is 39.9 Å². The maximum Gasteiger partial charge on any atom is 0.251 e. The van der Waals surface area contributed by atoms with E-state index < -0.39 is 0 Å². The van der Waals surface area contributed by atoms with Gasteiger partial charge in [0, 0.05) is 55.3 Å². The molecular weight excluding hydrogens is 539 g/mol. The fraction of sp³-hybridized carbons (Fsp3) is 0.579. The van der Waals surface area contributed by atoms with E-state index in [1.165, 1.54) is 0 Å². The molecule has 1 saturated heterocycles. The number of nitrogens with one attached hydrogen (secondary N) is 3. The molecule has 1 atom stereocenters. The third-order valence-electron chi connectivity index (χ3n) is 4.70. The number of ether oxygens (including phenoxy) is 1. The number of nitrogens with zero attached hydrogens (tertiary/aromatic N) is 1. The largest absolute Gasteiger partial charge is 0.396 e. The molecule has 1 aliphatic heterocycles. The highest BCUT2D eigenvalue weighted by Crippen LogP contribution is 2.31. The number of halogens is 2. The Morgan fingerprint density at radius 2 is 2.11 bits per heavy atom. The number of benzene rings is 1. The van der Waals surface area contributed by atoms with Crippen LogP contribution < -0.4 is 16.0 Å². The van der Waals surface area contributed by atoms with E-state index >= 15 is 0 Å². The standard InChI is InChI=1S/C19H29BrN4O3.HI/c1-21-18(24-13-19(6-10-25)7-11-27-14-19)23-9-3-8-22-17(26)15-4-2-5-16(20)12-15;/h2,4-5,12,25H,3,6-11,13-14H2,1H3,(H,22,26)(H2,21,23,24);1H. The lowest BCUT2D eigenvalue weighted by Gasteiger charge is -2.27. The van der Waals surface area contributed by atoms with Crippen molar-refractivity contribution in [2.45, 2.75) is 19.3 Å². The fourth-order valence-corrected chi connectivity index (χ4v) is 3.43. The lowest BCUT2D eigenvalue weighted by molar-refractivity contribution is 0.0953. The van der Waals surface area contributed by atoms with E-state index in [0.717, 1.165) is 36.3 Å². The van der Waals surface area contributed by atoms with Crippen molar-refractivity contribution in [1.29, 1.82) is 0 Å². The molecule has 7 nitrogen and oxygen atoms in total. The summed E-state index contributed by atoms with van der Waals surface area (Å²) in [5.74, 6) is 0.642. The first-order valence-corrected chi connectivity index (χ1v) is 10.0. The zero-order valence-electron chi connectivity index (χ0n) is 16.2. The van der Waals surface area contributed by atoms with Crippen molar-refractivity contribution >= 4 is 51.8 Å². The Bertz CT molecular complexity index is 639. The number of guanidine groups is 1. The lowest BCUT2D eigenvalue weighted by atomic mass is 9.84. The molecule has 1 aliphatic rings. The van der Waals surface area contributed by atoms with E-state index in [9.17, 15) is 9.90 Å². The first-order chi connectivity index (χ1) is 13.1. The van der Waals surface area contributed by atoms with Gasteiger partial charge in [0.15, 0.2) is 5.96 Å². The number of hydrogen-bond acceptors (Lipinski definition) is 4. The fourth-order valence-electron chi connectivity index (χ4n) is 3.03. The summed E-state index contributed by atoms with van der Waals surface area (Å²) in [6.07, 6.45) is 2.45. The van der Waals surface area contributed by atoms with Crippen molar-refractivity contribution in [2.24, 2.45) is 10.4 Å². The van der Waals surface area contributed by atoms with Gasteiger partial charge in [0.25, 0.3) is 5.91 Å². The van der Waals surface area contributed by atoms with Gasteiger partial charge in [0.2, 0.25) is 0 Å². The summed E-state index contributed by atoms with van der Waals surface area (Å²) >= 11 is 3.37. The number of aliphatic hydroxyl groups is 1. The van der Waals surface area contributed by atoms with Gasteiger partial charge in [-0.05, 0) is 37.5 Å². The van der Waals surface area contributed by atoms with Crippen LogP contribution in [0, 0.1) is 5.41 Å². The van der Waals surface area contributed by atoms with Gasteiger partial charge in [-0.3, -0.25) is 9.79 Å². The van der Waals surface area contributed by atoms with Crippen LogP contribution in [0.3, 0.4) is 0 Å². The van der Waals surface area contributed by atoms with Gasteiger partial charge in [-0.15, -0.1) is 24.0 Å². The number of rotatable bonds is 9. The van der Waals surface area contributed by atoms with E-state index in [-0.39, 0.29) is 41.9 Å². The normalized spacial score (nSPS) is 19.0. The number of hydrogen-bond donors (Lipinski definition) is 4. The van der Waals surface area contributed by atoms with Gasteiger partial charge in [-0.25, -0.2) is 0 Å².